The van der Waals surface area contributed by atoms with Crippen LogP contribution in [0.2, 0.25) is 0 Å². The second-order valence-corrected chi connectivity index (χ2v) is 5.77. The van der Waals surface area contributed by atoms with Gasteiger partial charge in [-0.1, -0.05) is 13.8 Å². The fraction of sp³-hybridized carbons (Fsp3) is 1.00. The van der Waals surface area contributed by atoms with Crippen LogP contribution in [0.1, 0.15) is 33.6 Å². The zero-order valence-electron chi connectivity index (χ0n) is 10.6. The maximum absolute atomic E-state index is 9.07. The maximum Gasteiger partial charge on any atom is 0.0584 e. The minimum absolute atomic E-state index is 0.239. The van der Waals surface area contributed by atoms with Crippen molar-refractivity contribution in [3.05, 3.63) is 0 Å². The van der Waals surface area contributed by atoms with Crippen molar-refractivity contribution in [3.63, 3.8) is 0 Å². The van der Waals surface area contributed by atoms with E-state index in [0.29, 0.717) is 0 Å². The van der Waals surface area contributed by atoms with Gasteiger partial charge in [-0.3, -0.25) is 0 Å². The highest BCUT2D eigenvalue weighted by Crippen LogP contribution is 2.22. The molecule has 0 bridgehead atoms. The van der Waals surface area contributed by atoms with E-state index in [1.165, 1.54) is 12.8 Å². The summed E-state index contributed by atoms with van der Waals surface area (Å²) in [5.41, 5.74) is 0.279. The Kier molecular flexibility index (Phi) is 4.56. The van der Waals surface area contributed by atoms with Crippen molar-refractivity contribution in [2.24, 2.45) is 5.41 Å². The zero-order valence-corrected chi connectivity index (χ0v) is 10.6. The molecule has 1 aliphatic carbocycles. The van der Waals surface area contributed by atoms with Crippen LogP contribution in [0.3, 0.4) is 0 Å². The lowest BCUT2D eigenvalue weighted by molar-refractivity contribution is 0.117. The molecule has 2 N–H and O–H groups in total. The number of aliphatic hydroxyl groups is 1. The third-order valence-corrected chi connectivity index (χ3v) is 3.14. The number of rotatable bonds is 7. The Morgan fingerprint density at radius 1 is 1.47 bits per heavy atom. The average molecular weight is 214 g/mol. The molecule has 0 spiro atoms. The molecule has 15 heavy (non-hydrogen) atoms. The van der Waals surface area contributed by atoms with Gasteiger partial charge in [0.05, 0.1) is 6.61 Å². The van der Waals surface area contributed by atoms with Crippen LogP contribution in [0.4, 0.5) is 0 Å². The Labute approximate surface area is 93.9 Å². The molecule has 90 valence electrons. The third-order valence-electron chi connectivity index (χ3n) is 3.14. The summed E-state index contributed by atoms with van der Waals surface area (Å²) in [5.74, 6) is 0. The van der Waals surface area contributed by atoms with E-state index in [2.05, 4.69) is 38.0 Å². The number of nitrogens with zero attached hydrogens (tertiary/aromatic N) is 1. The van der Waals surface area contributed by atoms with Crippen LogP contribution >= 0.6 is 0 Å². The lowest BCUT2D eigenvalue weighted by Gasteiger charge is -2.33. The first-order valence-corrected chi connectivity index (χ1v) is 5.99. The molecule has 1 saturated carbocycles. The predicted octanol–water partition coefficient (Wildman–Crippen LogP) is 1.08. The summed E-state index contributed by atoms with van der Waals surface area (Å²) < 4.78 is 0. The van der Waals surface area contributed by atoms with Gasteiger partial charge in [0.25, 0.3) is 0 Å². The van der Waals surface area contributed by atoms with E-state index in [-0.39, 0.29) is 18.1 Å². The minimum atomic E-state index is 0.239. The topological polar surface area (TPSA) is 35.5 Å². The lowest BCUT2D eigenvalue weighted by atomic mass is 9.92. The molecule has 1 aliphatic rings. The van der Waals surface area contributed by atoms with Crippen molar-refractivity contribution >= 4 is 0 Å². The summed E-state index contributed by atoms with van der Waals surface area (Å²) in [6.45, 7) is 8.95. The van der Waals surface area contributed by atoms with E-state index in [1.54, 1.807) is 0 Å². The molecule has 0 radical (unpaired) electrons. The van der Waals surface area contributed by atoms with Gasteiger partial charge in [-0.25, -0.2) is 0 Å². The second kappa shape index (κ2) is 5.28. The summed E-state index contributed by atoms with van der Waals surface area (Å²) in [6, 6.07) is 1.04. The van der Waals surface area contributed by atoms with Gasteiger partial charge in [-0.05, 0) is 32.2 Å². The molecule has 0 aliphatic heterocycles. The van der Waals surface area contributed by atoms with Crippen molar-refractivity contribution in [2.45, 2.75) is 45.7 Å². The fourth-order valence-corrected chi connectivity index (χ4v) is 1.73. The molecule has 3 heteroatoms. The summed E-state index contributed by atoms with van der Waals surface area (Å²) >= 11 is 0. The molecule has 0 aromatic carbocycles. The molecule has 0 heterocycles. The van der Waals surface area contributed by atoms with Gasteiger partial charge >= 0.3 is 0 Å². The van der Waals surface area contributed by atoms with E-state index in [4.69, 9.17) is 5.11 Å². The first kappa shape index (κ1) is 12.9. The molecule has 1 atom stereocenters. The molecule has 0 aromatic rings. The monoisotopic (exact) mass is 214 g/mol. The van der Waals surface area contributed by atoms with Gasteiger partial charge < -0.3 is 15.3 Å². The molecule has 3 nitrogen and oxygen atoms in total. The number of likely N-dealkylation sites (N-methyl/N-ethyl adjacent to an activating group) is 1. The zero-order chi connectivity index (χ0) is 11.5. The van der Waals surface area contributed by atoms with Crippen LogP contribution in [0.15, 0.2) is 0 Å². The van der Waals surface area contributed by atoms with Gasteiger partial charge in [0.2, 0.25) is 0 Å². The Balaban J connectivity index is 2.25. The van der Waals surface area contributed by atoms with Crippen LogP contribution in [-0.4, -0.2) is 48.8 Å². The first-order chi connectivity index (χ1) is 6.94. The standard InChI is InChI=1S/C12H26N2O/c1-10(7-15)14(4)9-12(2,3)8-13-11-5-6-11/h10-11,13,15H,5-9H2,1-4H3. The third kappa shape index (κ3) is 4.96. The molecule has 1 fully saturated rings. The number of hydrogen-bond acceptors (Lipinski definition) is 3. The molecular formula is C12H26N2O. The van der Waals surface area contributed by atoms with Crippen molar-refractivity contribution < 1.29 is 5.11 Å². The van der Waals surface area contributed by atoms with E-state index < -0.39 is 0 Å². The highest BCUT2D eigenvalue weighted by molar-refractivity contribution is 4.85. The Hall–Kier alpha value is -0.120. The molecular weight excluding hydrogens is 188 g/mol. The van der Waals surface area contributed by atoms with Crippen LogP contribution in [0, 0.1) is 5.41 Å². The molecule has 0 amide bonds. The van der Waals surface area contributed by atoms with Gasteiger partial charge in [0.15, 0.2) is 0 Å². The Bertz CT molecular complexity index is 190. The normalized spacial score (nSPS) is 19.6. The predicted molar refractivity (Wildman–Crippen MR) is 64.0 cm³/mol. The van der Waals surface area contributed by atoms with Crippen molar-refractivity contribution in [1.82, 2.24) is 10.2 Å². The Morgan fingerprint density at radius 2 is 2.07 bits per heavy atom. The minimum Gasteiger partial charge on any atom is -0.395 e. The highest BCUT2D eigenvalue weighted by Gasteiger charge is 2.26. The molecule has 0 saturated heterocycles. The number of nitrogens with one attached hydrogen (secondary N) is 1. The van der Waals surface area contributed by atoms with E-state index >= 15 is 0 Å². The van der Waals surface area contributed by atoms with E-state index in [0.717, 1.165) is 19.1 Å². The lowest BCUT2D eigenvalue weighted by Crippen LogP contribution is -2.43. The van der Waals surface area contributed by atoms with Crippen molar-refractivity contribution in [2.75, 3.05) is 26.7 Å². The first-order valence-electron chi connectivity index (χ1n) is 5.99. The van der Waals surface area contributed by atoms with E-state index in [9.17, 15) is 0 Å². The Morgan fingerprint density at radius 3 is 2.53 bits per heavy atom. The van der Waals surface area contributed by atoms with Gasteiger partial charge in [-0.15, -0.1) is 0 Å². The van der Waals surface area contributed by atoms with Gasteiger partial charge in [0.1, 0.15) is 0 Å². The highest BCUT2D eigenvalue weighted by atomic mass is 16.3. The molecule has 1 rings (SSSR count). The van der Waals surface area contributed by atoms with Crippen LogP contribution < -0.4 is 5.32 Å². The van der Waals surface area contributed by atoms with Gasteiger partial charge in [0, 0.05) is 25.2 Å². The summed E-state index contributed by atoms with van der Waals surface area (Å²) in [4.78, 5) is 2.23. The van der Waals surface area contributed by atoms with Crippen LogP contribution in [-0.2, 0) is 0 Å². The quantitative estimate of drug-likeness (QED) is 0.665. The van der Waals surface area contributed by atoms with Crippen LogP contribution in [0.5, 0.6) is 0 Å². The summed E-state index contributed by atoms with van der Waals surface area (Å²) in [6.07, 6.45) is 2.69. The van der Waals surface area contributed by atoms with Crippen molar-refractivity contribution in [3.8, 4) is 0 Å². The maximum atomic E-state index is 9.07. The SMILES string of the molecule is CC(CO)N(C)CC(C)(C)CNC1CC1. The summed E-state index contributed by atoms with van der Waals surface area (Å²) in [5, 5.41) is 12.6. The molecule has 0 aromatic heterocycles. The smallest absolute Gasteiger partial charge is 0.0584 e. The average Bonchev–Trinajstić information content (AvgIpc) is 2.96. The number of aliphatic hydroxyl groups excluding tert-OH is 1. The summed E-state index contributed by atoms with van der Waals surface area (Å²) in [7, 11) is 2.08. The van der Waals surface area contributed by atoms with Gasteiger partial charge in [-0.2, -0.15) is 0 Å². The second-order valence-electron chi connectivity index (χ2n) is 5.77. The van der Waals surface area contributed by atoms with E-state index in [1.807, 2.05) is 0 Å². The fourth-order valence-electron chi connectivity index (χ4n) is 1.73. The van der Waals surface area contributed by atoms with Crippen molar-refractivity contribution in [1.29, 1.82) is 0 Å². The number of hydrogen-bond donors (Lipinski definition) is 2. The molecule has 1 unspecified atom stereocenters. The van der Waals surface area contributed by atoms with Crippen LogP contribution in [0.25, 0.3) is 0 Å². The largest absolute Gasteiger partial charge is 0.395 e.